The molecule has 0 aliphatic carbocycles. The van der Waals surface area contributed by atoms with E-state index in [2.05, 4.69) is 38.2 Å². The summed E-state index contributed by atoms with van der Waals surface area (Å²) in [5.74, 6) is -0.210. The molecule has 1 fully saturated rings. The van der Waals surface area contributed by atoms with E-state index < -0.39 is 0 Å². The Hall–Kier alpha value is -2.32. The van der Waals surface area contributed by atoms with Crippen molar-refractivity contribution in [2.24, 2.45) is 0 Å². The number of aromatic nitrogens is 4. The number of benzene rings is 1. The Morgan fingerprint density at radius 2 is 1.89 bits per heavy atom. The zero-order valence-electron chi connectivity index (χ0n) is 16.1. The molecule has 0 radical (unpaired) electrons. The van der Waals surface area contributed by atoms with E-state index in [9.17, 15) is 4.39 Å². The minimum atomic E-state index is -0.210. The Morgan fingerprint density at radius 1 is 1.04 bits per heavy atom. The number of hydrogen-bond donors (Lipinski definition) is 0. The number of anilines is 1. The molecule has 148 valence electrons. The first kappa shape index (κ1) is 19.0. The Kier molecular flexibility index (Phi) is 5.97. The van der Waals surface area contributed by atoms with Crippen LogP contribution in [-0.2, 0) is 19.5 Å². The van der Waals surface area contributed by atoms with Crippen LogP contribution in [0.25, 0.3) is 0 Å². The highest BCUT2D eigenvalue weighted by Gasteiger charge is 2.19. The molecular formula is C20H25FN6S. The molecular weight excluding hydrogens is 375 g/mol. The van der Waals surface area contributed by atoms with Gasteiger partial charge in [-0.25, -0.2) is 4.39 Å². The van der Waals surface area contributed by atoms with Crippen molar-refractivity contribution in [3.8, 4) is 0 Å². The van der Waals surface area contributed by atoms with Crippen molar-refractivity contribution in [2.75, 3.05) is 31.1 Å². The van der Waals surface area contributed by atoms with E-state index in [1.807, 2.05) is 10.9 Å². The Balaban J connectivity index is 1.34. The highest BCUT2D eigenvalue weighted by atomic mass is 32.1. The van der Waals surface area contributed by atoms with Crippen molar-refractivity contribution < 1.29 is 4.39 Å². The van der Waals surface area contributed by atoms with Gasteiger partial charge in [0.15, 0.2) is 0 Å². The summed E-state index contributed by atoms with van der Waals surface area (Å²) < 4.78 is 15.0. The third kappa shape index (κ3) is 4.74. The Labute approximate surface area is 168 Å². The summed E-state index contributed by atoms with van der Waals surface area (Å²) in [6.45, 7) is 7.99. The fourth-order valence-corrected chi connectivity index (χ4v) is 4.38. The molecule has 8 heteroatoms. The lowest BCUT2D eigenvalue weighted by molar-refractivity contribution is 0.285. The van der Waals surface area contributed by atoms with Gasteiger partial charge in [0, 0.05) is 57.4 Å². The molecule has 6 nitrogen and oxygen atoms in total. The number of aryl methyl sites for hydroxylation is 1. The average molecular weight is 401 g/mol. The van der Waals surface area contributed by atoms with E-state index in [0.29, 0.717) is 6.42 Å². The van der Waals surface area contributed by atoms with E-state index in [-0.39, 0.29) is 5.82 Å². The van der Waals surface area contributed by atoms with Gasteiger partial charge in [0.05, 0.1) is 6.20 Å². The molecule has 0 atom stereocenters. The molecule has 0 N–H and O–H groups in total. The van der Waals surface area contributed by atoms with Crippen molar-refractivity contribution in [3.63, 3.8) is 0 Å². The highest BCUT2D eigenvalue weighted by Crippen LogP contribution is 2.24. The van der Waals surface area contributed by atoms with E-state index in [0.717, 1.165) is 61.4 Å². The van der Waals surface area contributed by atoms with E-state index in [4.69, 9.17) is 0 Å². The van der Waals surface area contributed by atoms with Gasteiger partial charge in [-0.2, -0.15) is 5.10 Å². The van der Waals surface area contributed by atoms with Gasteiger partial charge in [0.2, 0.25) is 5.13 Å². The second-order valence-corrected chi connectivity index (χ2v) is 8.14. The van der Waals surface area contributed by atoms with Gasteiger partial charge in [0.25, 0.3) is 0 Å². The second-order valence-electron chi connectivity index (χ2n) is 7.10. The van der Waals surface area contributed by atoms with Crippen molar-refractivity contribution in [1.82, 2.24) is 24.9 Å². The fraction of sp³-hybridized carbons (Fsp3) is 0.450. The predicted molar refractivity (Wildman–Crippen MR) is 109 cm³/mol. The first-order valence-electron chi connectivity index (χ1n) is 9.75. The molecule has 3 heterocycles. The van der Waals surface area contributed by atoms with Crippen molar-refractivity contribution in [1.29, 1.82) is 0 Å². The Bertz CT molecular complexity index is 890. The summed E-state index contributed by atoms with van der Waals surface area (Å²) in [5.41, 5.74) is 2.33. The molecule has 0 saturated carbocycles. The summed E-state index contributed by atoms with van der Waals surface area (Å²) in [5, 5.41) is 15.1. The lowest BCUT2D eigenvalue weighted by atomic mass is 10.2. The maximum atomic E-state index is 13.1. The quantitative estimate of drug-likeness (QED) is 0.636. The molecule has 28 heavy (non-hydrogen) atoms. The molecule has 3 aromatic rings. The molecule has 4 rings (SSSR count). The fourth-order valence-electron chi connectivity index (χ4n) is 3.46. The van der Waals surface area contributed by atoms with Gasteiger partial charge in [-0.15, -0.1) is 10.2 Å². The standard InChI is InChI=1S/C20H25FN6S/c1-2-27-15-17(13-22-27)14-25-8-3-9-26(11-10-25)20-24-23-19(28-20)12-16-4-6-18(21)7-5-16/h4-7,13,15H,2-3,8-12,14H2,1H3. The van der Waals surface area contributed by atoms with Crippen LogP contribution in [-0.4, -0.2) is 51.1 Å². The van der Waals surface area contributed by atoms with Crippen LogP contribution in [0.4, 0.5) is 9.52 Å². The normalized spacial score (nSPS) is 15.7. The molecule has 0 unspecified atom stereocenters. The summed E-state index contributed by atoms with van der Waals surface area (Å²) in [6.07, 6.45) is 5.90. The van der Waals surface area contributed by atoms with Crippen LogP contribution in [0.2, 0.25) is 0 Å². The van der Waals surface area contributed by atoms with Crippen molar-refractivity contribution in [3.05, 3.63) is 58.6 Å². The Morgan fingerprint density at radius 3 is 2.68 bits per heavy atom. The van der Waals surface area contributed by atoms with Crippen LogP contribution in [0.3, 0.4) is 0 Å². The van der Waals surface area contributed by atoms with Crippen LogP contribution < -0.4 is 4.90 Å². The van der Waals surface area contributed by atoms with Crippen LogP contribution >= 0.6 is 11.3 Å². The maximum Gasteiger partial charge on any atom is 0.208 e. The average Bonchev–Trinajstić information content (AvgIpc) is 3.29. The third-order valence-corrected chi connectivity index (χ3v) is 5.98. The number of nitrogens with zero attached hydrogens (tertiary/aromatic N) is 6. The molecule has 2 aromatic heterocycles. The van der Waals surface area contributed by atoms with E-state index in [1.54, 1.807) is 23.5 Å². The number of hydrogen-bond acceptors (Lipinski definition) is 6. The molecule has 1 saturated heterocycles. The van der Waals surface area contributed by atoms with Gasteiger partial charge in [-0.3, -0.25) is 9.58 Å². The van der Waals surface area contributed by atoms with Crippen LogP contribution in [0.1, 0.15) is 29.5 Å². The largest absolute Gasteiger partial charge is 0.345 e. The maximum absolute atomic E-state index is 13.1. The zero-order valence-corrected chi connectivity index (χ0v) is 16.9. The number of rotatable bonds is 6. The second kappa shape index (κ2) is 8.79. The summed E-state index contributed by atoms with van der Waals surface area (Å²) >= 11 is 1.64. The molecule has 1 aliphatic rings. The van der Waals surface area contributed by atoms with Crippen LogP contribution in [0.15, 0.2) is 36.7 Å². The van der Waals surface area contributed by atoms with Crippen molar-refractivity contribution >= 4 is 16.5 Å². The SMILES string of the molecule is CCn1cc(CN2CCCN(c3nnc(Cc4ccc(F)cc4)s3)CC2)cn1. The monoisotopic (exact) mass is 400 g/mol. The summed E-state index contributed by atoms with van der Waals surface area (Å²) in [7, 11) is 0. The van der Waals surface area contributed by atoms with Crippen LogP contribution in [0.5, 0.6) is 0 Å². The minimum absolute atomic E-state index is 0.210. The smallest absolute Gasteiger partial charge is 0.208 e. The lowest BCUT2D eigenvalue weighted by Gasteiger charge is -2.20. The van der Waals surface area contributed by atoms with Crippen molar-refractivity contribution in [2.45, 2.75) is 32.9 Å². The summed E-state index contributed by atoms with van der Waals surface area (Å²) in [4.78, 5) is 4.82. The molecule has 0 bridgehead atoms. The predicted octanol–water partition coefficient (Wildman–Crippen LogP) is 3.20. The van der Waals surface area contributed by atoms with Gasteiger partial charge >= 0.3 is 0 Å². The highest BCUT2D eigenvalue weighted by molar-refractivity contribution is 7.15. The molecule has 1 aromatic carbocycles. The molecule has 0 spiro atoms. The van der Waals surface area contributed by atoms with Gasteiger partial charge in [0.1, 0.15) is 10.8 Å². The molecule has 0 amide bonds. The summed E-state index contributed by atoms with van der Waals surface area (Å²) in [6, 6.07) is 6.59. The first-order valence-corrected chi connectivity index (χ1v) is 10.6. The van der Waals surface area contributed by atoms with Crippen LogP contribution in [0, 0.1) is 5.82 Å². The third-order valence-electron chi connectivity index (χ3n) is 5.00. The lowest BCUT2D eigenvalue weighted by Crippen LogP contribution is -2.30. The minimum Gasteiger partial charge on any atom is -0.345 e. The van der Waals surface area contributed by atoms with Gasteiger partial charge < -0.3 is 4.90 Å². The first-order chi connectivity index (χ1) is 13.7. The topological polar surface area (TPSA) is 50.1 Å². The van der Waals surface area contributed by atoms with E-state index >= 15 is 0 Å². The number of halogens is 1. The molecule has 1 aliphatic heterocycles. The zero-order chi connectivity index (χ0) is 19.3. The van der Waals surface area contributed by atoms with E-state index in [1.165, 1.54) is 17.7 Å². The van der Waals surface area contributed by atoms with Gasteiger partial charge in [-0.05, 0) is 31.0 Å². The van der Waals surface area contributed by atoms with Gasteiger partial charge in [-0.1, -0.05) is 23.5 Å².